The van der Waals surface area contributed by atoms with Gasteiger partial charge in [-0.2, -0.15) is 0 Å². The second-order valence-corrected chi connectivity index (χ2v) is 5.54. The molecule has 0 atom stereocenters. The van der Waals surface area contributed by atoms with E-state index in [0.29, 0.717) is 12.1 Å². The number of hydrogen-bond donors (Lipinski definition) is 1. The van der Waals surface area contributed by atoms with Crippen molar-refractivity contribution in [1.29, 1.82) is 0 Å². The third-order valence-corrected chi connectivity index (χ3v) is 3.58. The first-order valence-electron chi connectivity index (χ1n) is 6.47. The van der Waals surface area contributed by atoms with Crippen molar-refractivity contribution in [2.24, 2.45) is 5.73 Å². The Morgan fingerprint density at radius 3 is 2.75 bits per heavy atom. The molecule has 0 aliphatic rings. The summed E-state index contributed by atoms with van der Waals surface area (Å²) in [5.41, 5.74) is 8.23. The first-order chi connectivity index (χ1) is 9.61. The monoisotopic (exact) mass is 337 g/mol. The Kier molecular flexibility index (Phi) is 5.15. The highest BCUT2D eigenvalue weighted by molar-refractivity contribution is 9.10. The molecule has 0 aliphatic carbocycles. The highest BCUT2D eigenvalue weighted by Crippen LogP contribution is 2.25. The highest BCUT2D eigenvalue weighted by Gasteiger charge is 2.09. The smallest absolute Gasteiger partial charge is 0.129 e. The summed E-state index contributed by atoms with van der Waals surface area (Å²) < 4.78 is 20.4. The molecule has 4 heteroatoms. The zero-order valence-corrected chi connectivity index (χ0v) is 12.9. The van der Waals surface area contributed by atoms with Crippen molar-refractivity contribution >= 4 is 15.9 Å². The molecule has 2 nitrogen and oxygen atoms in total. The Morgan fingerprint density at radius 2 is 2.00 bits per heavy atom. The molecular formula is C16H17BrFNO. The number of halogens is 2. The molecule has 0 radical (unpaired) electrons. The minimum Gasteiger partial charge on any atom is -0.488 e. The molecule has 0 aromatic heterocycles. The molecule has 0 bridgehead atoms. The van der Waals surface area contributed by atoms with Crippen LogP contribution in [0.4, 0.5) is 4.39 Å². The van der Waals surface area contributed by atoms with Crippen LogP contribution >= 0.6 is 15.9 Å². The molecule has 0 fully saturated rings. The van der Waals surface area contributed by atoms with Gasteiger partial charge in [-0.1, -0.05) is 34.1 Å². The SMILES string of the molecule is Cc1cccc(CCN)c1OCc1cc(Br)ccc1F. The van der Waals surface area contributed by atoms with Gasteiger partial charge in [-0.15, -0.1) is 0 Å². The molecule has 106 valence electrons. The second-order valence-electron chi connectivity index (χ2n) is 4.63. The topological polar surface area (TPSA) is 35.2 Å². The van der Waals surface area contributed by atoms with Crippen molar-refractivity contribution in [2.45, 2.75) is 20.0 Å². The third kappa shape index (κ3) is 3.58. The van der Waals surface area contributed by atoms with Gasteiger partial charge in [-0.25, -0.2) is 4.39 Å². The Hall–Kier alpha value is -1.39. The summed E-state index contributed by atoms with van der Waals surface area (Å²) in [6.45, 7) is 2.74. The first-order valence-corrected chi connectivity index (χ1v) is 7.26. The number of benzene rings is 2. The van der Waals surface area contributed by atoms with Crippen LogP contribution in [0.25, 0.3) is 0 Å². The van der Waals surface area contributed by atoms with Crippen LogP contribution in [0.5, 0.6) is 5.75 Å². The van der Waals surface area contributed by atoms with E-state index in [1.54, 1.807) is 12.1 Å². The standard InChI is InChI=1S/C16H17BrFNO/c1-11-3-2-4-12(7-8-19)16(11)20-10-13-9-14(17)5-6-15(13)18/h2-6,9H,7-8,10,19H2,1H3. The molecule has 0 saturated heterocycles. The summed E-state index contributed by atoms with van der Waals surface area (Å²) in [6.07, 6.45) is 0.748. The molecular weight excluding hydrogens is 321 g/mol. The van der Waals surface area contributed by atoms with Gasteiger partial charge in [-0.3, -0.25) is 0 Å². The van der Waals surface area contributed by atoms with E-state index >= 15 is 0 Å². The quantitative estimate of drug-likeness (QED) is 0.895. The van der Waals surface area contributed by atoms with Gasteiger partial charge in [0.15, 0.2) is 0 Å². The summed E-state index contributed by atoms with van der Waals surface area (Å²) in [4.78, 5) is 0. The maximum Gasteiger partial charge on any atom is 0.129 e. The molecule has 0 aliphatic heterocycles. The van der Waals surface area contributed by atoms with Crippen molar-refractivity contribution < 1.29 is 9.13 Å². The van der Waals surface area contributed by atoms with E-state index in [2.05, 4.69) is 15.9 Å². The van der Waals surface area contributed by atoms with Gasteiger partial charge in [0, 0.05) is 10.0 Å². The van der Waals surface area contributed by atoms with Gasteiger partial charge < -0.3 is 10.5 Å². The molecule has 0 unspecified atom stereocenters. The lowest BCUT2D eigenvalue weighted by Crippen LogP contribution is -2.07. The van der Waals surface area contributed by atoms with Crippen LogP contribution in [0, 0.1) is 12.7 Å². The van der Waals surface area contributed by atoms with Crippen LogP contribution in [0.2, 0.25) is 0 Å². The summed E-state index contributed by atoms with van der Waals surface area (Å²) in [7, 11) is 0. The first kappa shape index (κ1) is 15.0. The van der Waals surface area contributed by atoms with E-state index in [0.717, 1.165) is 27.8 Å². The van der Waals surface area contributed by atoms with Gasteiger partial charge >= 0.3 is 0 Å². The summed E-state index contributed by atoms with van der Waals surface area (Å²) in [6, 6.07) is 10.8. The molecule has 2 aromatic carbocycles. The lowest BCUT2D eigenvalue weighted by Gasteiger charge is -2.14. The summed E-state index contributed by atoms with van der Waals surface area (Å²) in [5.74, 6) is 0.541. The molecule has 2 N–H and O–H groups in total. The Morgan fingerprint density at radius 1 is 1.20 bits per heavy atom. The number of rotatable bonds is 5. The van der Waals surface area contributed by atoms with Crippen molar-refractivity contribution in [3.8, 4) is 5.75 Å². The Bertz CT molecular complexity index is 601. The number of para-hydroxylation sites is 1. The fraction of sp³-hybridized carbons (Fsp3) is 0.250. The predicted octanol–water partition coefficient (Wildman–Crippen LogP) is 3.98. The van der Waals surface area contributed by atoms with Crippen LogP contribution < -0.4 is 10.5 Å². The fourth-order valence-corrected chi connectivity index (χ4v) is 2.48. The van der Waals surface area contributed by atoms with Crippen molar-refractivity contribution in [3.05, 3.63) is 63.4 Å². The van der Waals surface area contributed by atoms with Gasteiger partial charge in [0.1, 0.15) is 18.2 Å². The molecule has 0 heterocycles. The zero-order chi connectivity index (χ0) is 14.5. The van der Waals surface area contributed by atoms with Crippen LogP contribution in [-0.2, 0) is 13.0 Å². The lowest BCUT2D eigenvalue weighted by molar-refractivity contribution is 0.294. The van der Waals surface area contributed by atoms with Crippen molar-refractivity contribution in [2.75, 3.05) is 6.54 Å². The second kappa shape index (κ2) is 6.86. The van der Waals surface area contributed by atoms with Gasteiger partial charge in [0.25, 0.3) is 0 Å². The van der Waals surface area contributed by atoms with E-state index in [4.69, 9.17) is 10.5 Å². The number of aryl methyl sites for hydroxylation is 1. The maximum absolute atomic E-state index is 13.7. The Labute approximate surface area is 126 Å². The largest absolute Gasteiger partial charge is 0.488 e. The van der Waals surface area contributed by atoms with Crippen molar-refractivity contribution in [3.63, 3.8) is 0 Å². The fourth-order valence-electron chi connectivity index (χ4n) is 2.08. The summed E-state index contributed by atoms with van der Waals surface area (Å²) >= 11 is 3.34. The van der Waals surface area contributed by atoms with Crippen LogP contribution in [0.1, 0.15) is 16.7 Å². The van der Waals surface area contributed by atoms with Gasteiger partial charge in [0.05, 0.1) is 0 Å². The van der Waals surface area contributed by atoms with Crippen LogP contribution in [0.3, 0.4) is 0 Å². The van der Waals surface area contributed by atoms with E-state index in [9.17, 15) is 4.39 Å². The average molecular weight is 338 g/mol. The van der Waals surface area contributed by atoms with Crippen LogP contribution in [-0.4, -0.2) is 6.54 Å². The van der Waals surface area contributed by atoms with Gasteiger partial charge in [-0.05, 0) is 49.2 Å². The average Bonchev–Trinajstić information content (AvgIpc) is 2.42. The molecule has 2 aromatic rings. The number of nitrogens with two attached hydrogens (primary N) is 1. The minimum absolute atomic E-state index is 0.202. The van der Waals surface area contributed by atoms with E-state index in [1.807, 2.05) is 25.1 Å². The molecule has 0 amide bonds. The molecule has 20 heavy (non-hydrogen) atoms. The zero-order valence-electron chi connectivity index (χ0n) is 11.3. The van der Waals surface area contributed by atoms with E-state index in [1.165, 1.54) is 6.07 Å². The maximum atomic E-state index is 13.7. The molecule has 0 saturated carbocycles. The number of ether oxygens (including phenoxy) is 1. The van der Waals surface area contributed by atoms with Crippen molar-refractivity contribution in [1.82, 2.24) is 0 Å². The lowest BCUT2D eigenvalue weighted by atomic mass is 10.1. The molecule has 2 rings (SSSR count). The van der Waals surface area contributed by atoms with E-state index in [-0.39, 0.29) is 12.4 Å². The Balaban J connectivity index is 2.20. The van der Waals surface area contributed by atoms with Gasteiger partial charge in [0.2, 0.25) is 0 Å². The molecule has 0 spiro atoms. The summed E-state index contributed by atoms with van der Waals surface area (Å²) in [5, 5.41) is 0. The van der Waals surface area contributed by atoms with Crippen LogP contribution in [0.15, 0.2) is 40.9 Å². The van der Waals surface area contributed by atoms with E-state index < -0.39 is 0 Å². The highest BCUT2D eigenvalue weighted by atomic mass is 79.9. The predicted molar refractivity (Wildman–Crippen MR) is 82.4 cm³/mol. The minimum atomic E-state index is -0.262. The normalized spacial score (nSPS) is 10.6. The number of hydrogen-bond acceptors (Lipinski definition) is 2. The third-order valence-electron chi connectivity index (χ3n) is 3.09.